The van der Waals surface area contributed by atoms with Crippen LogP contribution in [-0.4, -0.2) is 16.1 Å². The number of hydrogen-bond acceptors (Lipinski definition) is 3. The van der Waals surface area contributed by atoms with Gasteiger partial charge in [0.15, 0.2) is 0 Å². The molecule has 0 bridgehead atoms. The fraction of sp³-hybridized carbons (Fsp3) is 0.200. The summed E-state index contributed by atoms with van der Waals surface area (Å²) < 4.78 is 13.8. The predicted octanol–water partition coefficient (Wildman–Crippen LogP) is 4.67. The van der Waals surface area contributed by atoms with Gasteiger partial charge in [-0.1, -0.05) is 35.6 Å². The number of nitrogens with zero attached hydrogens (tertiary/aromatic N) is 2. The summed E-state index contributed by atoms with van der Waals surface area (Å²) in [5.41, 5.74) is 0.927. The molecule has 3 rings (SSSR count). The van der Waals surface area contributed by atoms with Gasteiger partial charge in [-0.05, 0) is 23.9 Å². The molecule has 0 amide bonds. The van der Waals surface area contributed by atoms with Gasteiger partial charge in [-0.25, -0.2) is 4.39 Å². The molecule has 0 N–H and O–H groups in total. The van der Waals surface area contributed by atoms with Gasteiger partial charge >= 0.3 is 0 Å². The van der Waals surface area contributed by atoms with Crippen molar-refractivity contribution in [2.24, 2.45) is 0 Å². The summed E-state index contributed by atoms with van der Waals surface area (Å²) in [6.45, 7) is 0. The van der Waals surface area contributed by atoms with E-state index in [9.17, 15) is 4.39 Å². The largest absolute Gasteiger partial charge is 0.206 e. The van der Waals surface area contributed by atoms with Gasteiger partial charge in [0.1, 0.15) is 15.8 Å². The van der Waals surface area contributed by atoms with Crippen molar-refractivity contribution in [2.75, 3.05) is 5.88 Å². The molecule has 102 valence electrons. The second-order valence-corrected chi connectivity index (χ2v) is 5.87. The van der Waals surface area contributed by atoms with Crippen LogP contribution in [-0.2, 0) is 6.42 Å². The average molecular weight is 307 g/mol. The molecule has 2 nitrogen and oxygen atoms in total. The maximum absolute atomic E-state index is 13.8. The van der Waals surface area contributed by atoms with Crippen molar-refractivity contribution in [2.45, 2.75) is 12.8 Å². The fourth-order valence-corrected chi connectivity index (χ4v) is 3.18. The van der Waals surface area contributed by atoms with E-state index in [-0.39, 0.29) is 5.82 Å². The highest BCUT2D eigenvalue weighted by Gasteiger charge is 2.11. The monoisotopic (exact) mass is 306 g/mol. The van der Waals surface area contributed by atoms with Gasteiger partial charge in [0.2, 0.25) is 0 Å². The molecule has 0 saturated carbocycles. The van der Waals surface area contributed by atoms with E-state index in [0.29, 0.717) is 11.3 Å². The van der Waals surface area contributed by atoms with Gasteiger partial charge in [0, 0.05) is 23.3 Å². The molecule has 0 aliphatic heterocycles. The lowest BCUT2D eigenvalue weighted by atomic mass is 10.0. The summed E-state index contributed by atoms with van der Waals surface area (Å²) in [5.74, 6) is 0.408. The van der Waals surface area contributed by atoms with Crippen molar-refractivity contribution in [1.29, 1.82) is 0 Å². The van der Waals surface area contributed by atoms with Crippen LogP contribution in [0, 0.1) is 5.82 Å². The van der Waals surface area contributed by atoms with Crippen molar-refractivity contribution in [3.8, 4) is 10.6 Å². The van der Waals surface area contributed by atoms with E-state index in [2.05, 4.69) is 10.2 Å². The van der Waals surface area contributed by atoms with Gasteiger partial charge in [-0.3, -0.25) is 0 Å². The van der Waals surface area contributed by atoms with Crippen LogP contribution in [0.25, 0.3) is 21.3 Å². The molecule has 1 heterocycles. The van der Waals surface area contributed by atoms with Crippen LogP contribution in [0.3, 0.4) is 0 Å². The van der Waals surface area contributed by atoms with Crippen LogP contribution in [0.15, 0.2) is 36.4 Å². The van der Waals surface area contributed by atoms with Crippen molar-refractivity contribution < 1.29 is 4.39 Å². The maximum Gasteiger partial charge on any atom is 0.148 e. The zero-order chi connectivity index (χ0) is 13.9. The van der Waals surface area contributed by atoms with Crippen molar-refractivity contribution in [3.63, 3.8) is 0 Å². The molecule has 0 aliphatic carbocycles. The molecular weight excluding hydrogens is 295 g/mol. The number of aromatic nitrogens is 2. The van der Waals surface area contributed by atoms with E-state index in [1.54, 1.807) is 23.5 Å². The number of halogens is 2. The summed E-state index contributed by atoms with van der Waals surface area (Å²) in [6.07, 6.45) is 1.72. The standard InChI is InChI=1S/C15H12ClFN2S/c16-9-3-6-14-18-19-15(20-14)12-7-8-13(17)11-5-2-1-4-10(11)12/h1-2,4-5,7-8H,3,6,9H2. The van der Waals surface area contributed by atoms with Gasteiger partial charge < -0.3 is 0 Å². The van der Waals surface area contributed by atoms with E-state index in [0.717, 1.165) is 33.8 Å². The summed E-state index contributed by atoms with van der Waals surface area (Å²) in [4.78, 5) is 0. The Kier molecular flexibility index (Phi) is 3.94. The summed E-state index contributed by atoms with van der Waals surface area (Å²) in [7, 11) is 0. The van der Waals surface area contributed by atoms with Gasteiger partial charge in [0.05, 0.1) is 0 Å². The number of fused-ring (bicyclic) bond motifs is 1. The minimum atomic E-state index is -0.212. The molecule has 3 aromatic rings. The first-order valence-electron chi connectivity index (χ1n) is 6.35. The molecule has 1 aromatic heterocycles. The van der Waals surface area contributed by atoms with Crippen LogP contribution in [0.2, 0.25) is 0 Å². The number of rotatable bonds is 4. The first kappa shape index (κ1) is 13.5. The van der Waals surface area contributed by atoms with Crippen molar-refractivity contribution in [3.05, 3.63) is 47.2 Å². The molecule has 0 atom stereocenters. The number of benzene rings is 2. The molecule has 0 radical (unpaired) electrons. The zero-order valence-corrected chi connectivity index (χ0v) is 12.2. The Bertz CT molecular complexity index is 742. The van der Waals surface area contributed by atoms with E-state index in [4.69, 9.17) is 11.6 Å². The second-order valence-electron chi connectivity index (χ2n) is 4.43. The number of aryl methyl sites for hydroxylation is 1. The van der Waals surface area contributed by atoms with Gasteiger partial charge in [0.25, 0.3) is 0 Å². The fourth-order valence-electron chi connectivity index (χ4n) is 2.13. The van der Waals surface area contributed by atoms with Gasteiger partial charge in [-0.15, -0.1) is 21.8 Å². The molecule has 5 heteroatoms. The molecule has 0 fully saturated rings. The highest BCUT2D eigenvalue weighted by atomic mass is 35.5. The Labute approximate surface area is 125 Å². The Morgan fingerprint density at radius 2 is 1.85 bits per heavy atom. The van der Waals surface area contributed by atoms with Crippen LogP contribution in [0.5, 0.6) is 0 Å². The van der Waals surface area contributed by atoms with Crippen molar-refractivity contribution in [1.82, 2.24) is 10.2 Å². The van der Waals surface area contributed by atoms with Crippen LogP contribution >= 0.6 is 22.9 Å². The van der Waals surface area contributed by atoms with E-state index >= 15 is 0 Å². The highest BCUT2D eigenvalue weighted by Crippen LogP contribution is 2.32. The number of alkyl halides is 1. The highest BCUT2D eigenvalue weighted by molar-refractivity contribution is 7.14. The molecule has 0 unspecified atom stereocenters. The first-order valence-corrected chi connectivity index (χ1v) is 7.70. The van der Waals surface area contributed by atoms with Crippen LogP contribution in [0.1, 0.15) is 11.4 Å². The lowest BCUT2D eigenvalue weighted by Gasteiger charge is -2.03. The van der Waals surface area contributed by atoms with E-state index < -0.39 is 0 Å². The zero-order valence-electron chi connectivity index (χ0n) is 10.6. The molecule has 0 saturated heterocycles. The third-order valence-electron chi connectivity index (χ3n) is 3.09. The quantitative estimate of drug-likeness (QED) is 0.655. The third kappa shape index (κ3) is 2.53. The molecule has 0 spiro atoms. The Morgan fingerprint density at radius 3 is 2.65 bits per heavy atom. The van der Waals surface area contributed by atoms with Crippen LogP contribution < -0.4 is 0 Å². The SMILES string of the molecule is Fc1ccc(-c2nnc(CCCCl)s2)c2ccccc12. The minimum Gasteiger partial charge on any atom is -0.206 e. The Hall–Kier alpha value is -1.52. The average Bonchev–Trinajstić information content (AvgIpc) is 2.94. The van der Waals surface area contributed by atoms with E-state index in [1.807, 2.05) is 18.2 Å². The normalized spacial score (nSPS) is 11.1. The Balaban J connectivity index is 2.06. The maximum atomic E-state index is 13.8. The molecule has 20 heavy (non-hydrogen) atoms. The summed E-state index contributed by atoms with van der Waals surface area (Å²) in [5, 5.41) is 11.7. The topological polar surface area (TPSA) is 25.8 Å². The van der Waals surface area contributed by atoms with Crippen molar-refractivity contribution >= 4 is 33.7 Å². The molecule has 2 aromatic carbocycles. The summed E-state index contributed by atoms with van der Waals surface area (Å²) in [6, 6.07) is 10.7. The predicted molar refractivity (Wildman–Crippen MR) is 81.9 cm³/mol. The van der Waals surface area contributed by atoms with Crippen LogP contribution in [0.4, 0.5) is 4.39 Å². The van der Waals surface area contributed by atoms with E-state index in [1.165, 1.54) is 6.07 Å². The first-order chi connectivity index (χ1) is 9.79. The minimum absolute atomic E-state index is 0.212. The molecule has 0 aliphatic rings. The smallest absolute Gasteiger partial charge is 0.148 e. The Morgan fingerprint density at radius 1 is 1.05 bits per heavy atom. The number of hydrogen-bond donors (Lipinski definition) is 0. The third-order valence-corrected chi connectivity index (χ3v) is 4.38. The lowest BCUT2D eigenvalue weighted by molar-refractivity contribution is 0.640. The summed E-state index contributed by atoms with van der Waals surface area (Å²) >= 11 is 7.23. The second kappa shape index (κ2) is 5.85. The lowest BCUT2D eigenvalue weighted by Crippen LogP contribution is -1.85. The van der Waals surface area contributed by atoms with Gasteiger partial charge in [-0.2, -0.15) is 0 Å². The molecular formula is C15H12ClFN2S.